The van der Waals surface area contributed by atoms with Gasteiger partial charge in [0.1, 0.15) is 12.3 Å². The molecule has 18 heavy (non-hydrogen) atoms. The number of amides is 4. The number of fused-ring (bicyclic) bond motifs is 1. The molecule has 0 aromatic heterocycles. The van der Waals surface area contributed by atoms with E-state index in [0.717, 1.165) is 0 Å². The number of carbonyl (C=O) groups is 2. The second-order valence-electron chi connectivity index (χ2n) is 5.00. The maximum Gasteiger partial charge on any atom is 0.321 e. The van der Waals surface area contributed by atoms with Crippen molar-refractivity contribution in [2.75, 3.05) is 26.3 Å². The van der Waals surface area contributed by atoms with Gasteiger partial charge in [0.25, 0.3) is 0 Å². The molecule has 0 bridgehead atoms. The van der Waals surface area contributed by atoms with E-state index < -0.39 is 0 Å². The summed E-state index contributed by atoms with van der Waals surface area (Å²) in [6, 6.07) is -0.301. The van der Waals surface area contributed by atoms with Crippen LogP contribution in [0.4, 0.5) is 9.59 Å². The van der Waals surface area contributed by atoms with E-state index in [-0.39, 0.29) is 36.6 Å². The van der Waals surface area contributed by atoms with Gasteiger partial charge in [-0.05, 0) is 0 Å². The Hall–Kier alpha value is -1.54. The second-order valence-corrected chi connectivity index (χ2v) is 5.00. The molecule has 0 aromatic rings. The molecular weight excluding hydrogens is 240 g/mol. The Kier molecular flexibility index (Phi) is 2.01. The third-order valence-electron chi connectivity index (χ3n) is 3.64. The fourth-order valence-corrected chi connectivity index (χ4v) is 2.50. The van der Waals surface area contributed by atoms with Crippen LogP contribution in [0.5, 0.6) is 0 Å². The van der Waals surface area contributed by atoms with Gasteiger partial charge in [-0.1, -0.05) is 0 Å². The first kappa shape index (κ1) is 10.4. The van der Waals surface area contributed by atoms with E-state index in [1.165, 1.54) is 0 Å². The molecule has 4 amide bonds. The van der Waals surface area contributed by atoms with Crippen LogP contribution in [0, 0.1) is 0 Å². The van der Waals surface area contributed by atoms with E-state index in [4.69, 9.17) is 9.47 Å². The van der Waals surface area contributed by atoms with Crippen molar-refractivity contribution in [1.29, 1.82) is 0 Å². The summed E-state index contributed by atoms with van der Waals surface area (Å²) in [7, 11) is 0. The molecule has 8 heteroatoms. The standard InChI is InChI=1S/C10H14N4O4/c15-9-12-8-7(13(9)1-5-3-17-5)11-10(16)14(8)2-6-4-18-6/h5-8H,1-4H2,(H,11,16)(H,12,15). The second kappa shape index (κ2) is 3.48. The zero-order valence-electron chi connectivity index (χ0n) is 9.67. The van der Waals surface area contributed by atoms with E-state index in [1.807, 2.05) is 0 Å². The Bertz CT molecular complexity index is 371. The molecule has 4 fully saturated rings. The number of hydrogen-bond acceptors (Lipinski definition) is 4. The molecule has 8 nitrogen and oxygen atoms in total. The van der Waals surface area contributed by atoms with Crippen LogP contribution in [0.15, 0.2) is 0 Å². The zero-order chi connectivity index (χ0) is 12.3. The molecule has 4 rings (SSSR count). The Morgan fingerprint density at radius 1 is 0.944 bits per heavy atom. The fraction of sp³-hybridized carbons (Fsp3) is 0.800. The normalized spacial score (nSPS) is 40.7. The quantitative estimate of drug-likeness (QED) is 0.597. The summed E-state index contributed by atoms with van der Waals surface area (Å²) < 4.78 is 10.3. The van der Waals surface area contributed by atoms with Gasteiger partial charge in [0.05, 0.1) is 38.5 Å². The summed E-state index contributed by atoms with van der Waals surface area (Å²) in [4.78, 5) is 27.0. The van der Waals surface area contributed by atoms with Crippen molar-refractivity contribution in [2.45, 2.75) is 24.5 Å². The van der Waals surface area contributed by atoms with Crippen molar-refractivity contribution in [3.63, 3.8) is 0 Å². The summed E-state index contributed by atoms with van der Waals surface area (Å²) in [5, 5.41) is 5.66. The molecule has 4 unspecified atom stereocenters. The third-order valence-corrected chi connectivity index (χ3v) is 3.64. The van der Waals surface area contributed by atoms with Gasteiger partial charge in [0, 0.05) is 0 Å². The first-order chi connectivity index (χ1) is 8.72. The van der Waals surface area contributed by atoms with E-state index in [9.17, 15) is 9.59 Å². The highest BCUT2D eigenvalue weighted by Gasteiger charge is 2.52. The molecule has 98 valence electrons. The monoisotopic (exact) mass is 254 g/mol. The highest BCUT2D eigenvalue weighted by atomic mass is 16.6. The highest BCUT2D eigenvalue weighted by Crippen LogP contribution is 2.25. The van der Waals surface area contributed by atoms with Crippen LogP contribution in [-0.2, 0) is 9.47 Å². The molecule has 0 aromatic carbocycles. The fourth-order valence-electron chi connectivity index (χ4n) is 2.50. The molecule has 0 aliphatic carbocycles. The summed E-state index contributed by atoms with van der Waals surface area (Å²) in [6.45, 7) is 2.44. The van der Waals surface area contributed by atoms with Gasteiger partial charge in [-0.25, -0.2) is 9.59 Å². The van der Waals surface area contributed by atoms with Gasteiger partial charge in [-0.15, -0.1) is 0 Å². The van der Waals surface area contributed by atoms with Crippen LogP contribution >= 0.6 is 0 Å². The highest BCUT2D eigenvalue weighted by molar-refractivity contribution is 5.85. The van der Waals surface area contributed by atoms with Crippen LogP contribution < -0.4 is 10.6 Å². The number of epoxide rings is 2. The Morgan fingerprint density at radius 3 is 1.67 bits per heavy atom. The number of nitrogens with one attached hydrogen (secondary N) is 2. The summed E-state index contributed by atoms with van der Waals surface area (Å²) >= 11 is 0. The van der Waals surface area contributed by atoms with E-state index in [1.54, 1.807) is 9.80 Å². The van der Waals surface area contributed by atoms with Crippen LogP contribution in [0.1, 0.15) is 0 Å². The number of urea groups is 2. The van der Waals surface area contributed by atoms with E-state index >= 15 is 0 Å². The van der Waals surface area contributed by atoms with Gasteiger partial charge >= 0.3 is 12.1 Å². The largest absolute Gasteiger partial charge is 0.371 e. The van der Waals surface area contributed by atoms with Crippen molar-refractivity contribution < 1.29 is 19.1 Å². The molecule has 4 aliphatic rings. The average molecular weight is 254 g/mol. The van der Waals surface area contributed by atoms with Gasteiger partial charge in [0.2, 0.25) is 0 Å². The average Bonchev–Trinajstić information content (AvgIpc) is 3.22. The lowest BCUT2D eigenvalue weighted by Crippen LogP contribution is -2.45. The Morgan fingerprint density at radius 2 is 1.33 bits per heavy atom. The maximum atomic E-state index is 11.9. The topological polar surface area (TPSA) is 89.7 Å². The van der Waals surface area contributed by atoms with Crippen LogP contribution in [0.3, 0.4) is 0 Å². The third kappa shape index (κ3) is 1.60. The van der Waals surface area contributed by atoms with Crippen molar-refractivity contribution >= 4 is 12.1 Å². The van der Waals surface area contributed by atoms with Gasteiger partial charge in [0.15, 0.2) is 0 Å². The lowest BCUT2D eigenvalue weighted by molar-refractivity contribution is 0.184. The van der Waals surface area contributed by atoms with Crippen molar-refractivity contribution in [3.05, 3.63) is 0 Å². The smallest absolute Gasteiger partial charge is 0.321 e. The maximum absolute atomic E-state index is 11.9. The zero-order valence-corrected chi connectivity index (χ0v) is 9.67. The molecule has 4 atom stereocenters. The lowest BCUT2D eigenvalue weighted by Gasteiger charge is -2.21. The number of nitrogens with zero attached hydrogens (tertiary/aromatic N) is 2. The number of hydrogen-bond donors (Lipinski definition) is 2. The molecule has 0 spiro atoms. The number of carbonyl (C=O) groups excluding carboxylic acids is 2. The molecule has 0 radical (unpaired) electrons. The Labute approximate surface area is 103 Å². The van der Waals surface area contributed by atoms with Crippen molar-refractivity contribution in [3.8, 4) is 0 Å². The van der Waals surface area contributed by atoms with Crippen molar-refractivity contribution in [2.24, 2.45) is 0 Å². The molecule has 4 aliphatic heterocycles. The SMILES string of the molecule is O=C1NC2C(NC(=O)N2CC2CO2)N1CC1CO1. The van der Waals surface area contributed by atoms with Gasteiger partial charge in [-0.2, -0.15) is 0 Å². The summed E-state index contributed by atoms with van der Waals surface area (Å²) in [5.41, 5.74) is 0. The first-order valence-electron chi connectivity index (χ1n) is 6.10. The van der Waals surface area contributed by atoms with Crippen LogP contribution in [0.2, 0.25) is 0 Å². The predicted molar refractivity (Wildman–Crippen MR) is 57.5 cm³/mol. The minimum atomic E-state index is -0.298. The van der Waals surface area contributed by atoms with E-state index in [0.29, 0.717) is 26.3 Å². The van der Waals surface area contributed by atoms with Crippen molar-refractivity contribution in [1.82, 2.24) is 20.4 Å². The lowest BCUT2D eigenvalue weighted by atomic mass is 10.3. The summed E-state index contributed by atoms with van der Waals surface area (Å²) in [5.74, 6) is 0. The van der Waals surface area contributed by atoms with Gasteiger partial charge < -0.3 is 20.1 Å². The molecule has 4 heterocycles. The molecule has 0 saturated carbocycles. The summed E-state index contributed by atoms with van der Waals surface area (Å²) in [6.07, 6.45) is -0.361. The molecule has 4 saturated heterocycles. The first-order valence-corrected chi connectivity index (χ1v) is 6.10. The van der Waals surface area contributed by atoms with Crippen LogP contribution in [0.25, 0.3) is 0 Å². The van der Waals surface area contributed by atoms with E-state index in [2.05, 4.69) is 10.6 Å². The Balaban J connectivity index is 1.50. The number of ether oxygens (including phenoxy) is 2. The van der Waals surface area contributed by atoms with Crippen LogP contribution in [-0.4, -0.2) is 72.7 Å². The minimum absolute atomic E-state index is 0.118. The minimum Gasteiger partial charge on any atom is -0.371 e. The van der Waals surface area contributed by atoms with Gasteiger partial charge in [-0.3, -0.25) is 9.80 Å². The molecular formula is C10H14N4O4. The number of rotatable bonds is 4. The predicted octanol–water partition coefficient (Wildman–Crippen LogP) is -1.51. The molecule has 2 N–H and O–H groups in total.